The summed E-state index contributed by atoms with van der Waals surface area (Å²) in [5, 5.41) is 0. The van der Waals surface area contributed by atoms with E-state index < -0.39 is 0 Å². The number of nitrogens with two attached hydrogens (primary N) is 1. The van der Waals surface area contributed by atoms with Crippen molar-refractivity contribution in [2.24, 2.45) is 5.73 Å². The van der Waals surface area contributed by atoms with Crippen LogP contribution < -0.4 is 5.73 Å². The summed E-state index contributed by atoms with van der Waals surface area (Å²) in [7, 11) is 0. The molecular formula is C18H29FN2. The molecule has 118 valence electrons. The van der Waals surface area contributed by atoms with E-state index in [1.54, 1.807) is 12.1 Å². The second-order valence-electron chi connectivity index (χ2n) is 6.58. The predicted molar refractivity (Wildman–Crippen MR) is 86.8 cm³/mol. The number of rotatable bonds is 6. The van der Waals surface area contributed by atoms with Gasteiger partial charge in [0.1, 0.15) is 5.82 Å². The van der Waals surface area contributed by atoms with Crippen LogP contribution in [-0.2, 0) is 6.42 Å². The lowest BCUT2D eigenvalue weighted by Gasteiger charge is -2.46. The highest BCUT2D eigenvalue weighted by atomic mass is 19.1. The third kappa shape index (κ3) is 4.04. The fraction of sp³-hybridized carbons (Fsp3) is 0.667. The Morgan fingerprint density at radius 3 is 2.33 bits per heavy atom. The standard InChI is InChI=1S/C18H29FN2/c1-3-21(17-7-5-4-6-8-17)18(2,14-20)13-15-9-11-16(19)12-10-15/h9-12,17H,3-8,13-14,20H2,1-2H3. The van der Waals surface area contributed by atoms with Gasteiger partial charge in [-0.05, 0) is 50.4 Å². The van der Waals surface area contributed by atoms with Gasteiger partial charge in [-0.3, -0.25) is 4.90 Å². The number of benzene rings is 1. The molecule has 0 aromatic heterocycles. The normalized spacial score (nSPS) is 19.7. The molecular weight excluding hydrogens is 263 g/mol. The van der Waals surface area contributed by atoms with Gasteiger partial charge in [0.15, 0.2) is 0 Å². The van der Waals surface area contributed by atoms with E-state index in [2.05, 4.69) is 18.7 Å². The average Bonchev–Trinajstić information content (AvgIpc) is 2.51. The monoisotopic (exact) mass is 292 g/mol. The highest BCUT2D eigenvalue weighted by Gasteiger charge is 2.35. The Labute approximate surface area is 128 Å². The summed E-state index contributed by atoms with van der Waals surface area (Å²) in [5.41, 5.74) is 7.27. The number of hydrogen-bond acceptors (Lipinski definition) is 2. The molecule has 1 aromatic carbocycles. The molecule has 3 heteroatoms. The molecule has 0 radical (unpaired) electrons. The highest BCUT2D eigenvalue weighted by molar-refractivity contribution is 5.19. The highest BCUT2D eigenvalue weighted by Crippen LogP contribution is 2.30. The predicted octanol–water partition coefficient (Wildman–Crippen LogP) is 3.74. The van der Waals surface area contributed by atoms with E-state index >= 15 is 0 Å². The van der Waals surface area contributed by atoms with Gasteiger partial charge < -0.3 is 5.73 Å². The lowest BCUT2D eigenvalue weighted by atomic mass is 9.85. The van der Waals surface area contributed by atoms with Gasteiger partial charge in [0, 0.05) is 18.1 Å². The van der Waals surface area contributed by atoms with Crippen molar-refractivity contribution in [2.75, 3.05) is 13.1 Å². The van der Waals surface area contributed by atoms with Gasteiger partial charge in [-0.1, -0.05) is 38.3 Å². The molecule has 2 nitrogen and oxygen atoms in total. The summed E-state index contributed by atoms with van der Waals surface area (Å²) in [5.74, 6) is -0.173. The van der Waals surface area contributed by atoms with Crippen LogP contribution in [0.25, 0.3) is 0 Å². The first kappa shape index (κ1) is 16.4. The Morgan fingerprint density at radius 1 is 1.19 bits per heavy atom. The first-order chi connectivity index (χ1) is 10.1. The molecule has 0 aliphatic heterocycles. The maximum atomic E-state index is 13.1. The first-order valence-electron chi connectivity index (χ1n) is 8.30. The van der Waals surface area contributed by atoms with Crippen molar-refractivity contribution in [1.29, 1.82) is 0 Å². The minimum Gasteiger partial charge on any atom is -0.329 e. The van der Waals surface area contributed by atoms with E-state index in [1.165, 1.54) is 37.7 Å². The second-order valence-corrected chi connectivity index (χ2v) is 6.58. The molecule has 2 rings (SSSR count). The summed E-state index contributed by atoms with van der Waals surface area (Å²) in [6.07, 6.45) is 7.48. The fourth-order valence-electron chi connectivity index (χ4n) is 3.81. The van der Waals surface area contributed by atoms with Crippen LogP contribution in [0.2, 0.25) is 0 Å². The van der Waals surface area contributed by atoms with Gasteiger partial charge in [-0.15, -0.1) is 0 Å². The molecule has 1 unspecified atom stereocenters. The fourth-order valence-corrected chi connectivity index (χ4v) is 3.81. The van der Waals surface area contributed by atoms with E-state index in [-0.39, 0.29) is 11.4 Å². The topological polar surface area (TPSA) is 29.3 Å². The van der Waals surface area contributed by atoms with Crippen LogP contribution in [0.3, 0.4) is 0 Å². The van der Waals surface area contributed by atoms with Crippen LogP contribution in [0.1, 0.15) is 51.5 Å². The zero-order valence-corrected chi connectivity index (χ0v) is 13.4. The maximum Gasteiger partial charge on any atom is 0.123 e. The lowest BCUT2D eigenvalue weighted by molar-refractivity contribution is 0.0473. The van der Waals surface area contributed by atoms with Gasteiger partial charge >= 0.3 is 0 Å². The molecule has 0 bridgehead atoms. The van der Waals surface area contributed by atoms with Crippen LogP contribution in [-0.4, -0.2) is 29.6 Å². The Morgan fingerprint density at radius 2 is 1.81 bits per heavy atom. The molecule has 1 aliphatic rings. The first-order valence-corrected chi connectivity index (χ1v) is 8.30. The van der Waals surface area contributed by atoms with E-state index in [9.17, 15) is 4.39 Å². The summed E-state index contributed by atoms with van der Waals surface area (Å²) >= 11 is 0. The molecule has 1 aliphatic carbocycles. The number of halogens is 1. The molecule has 1 atom stereocenters. The number of likely N-dealkylation sites (N-methyl/N-ethyl adjacent to an activating group) is 1. The molecule has 1 saturated carbocycles. The van der Waals surface area contributed by atoms with Crippen molar-refractivity contribution in [2.45, 2.75) is 64.0 Å². The van der Waals surface area contributed by atoms with Crippen LogP contribution >= 0.6 is 0 Å². The molecule has 21 heavy (non-hydrogen) atoms. The lowest BCUT2D eigenvalue weighted by Crippen LogP contribution is -2.57. The Kier molecular flexibility index (Phi) is 5.77. The molecule has 1 fully saturated rings. The smallest absolute Gasteiger partial charge is 0.123 e. The van der Waals surface area contributed by atoms with E-state index in [0.717, 1.165) is 13.0 Å². The summed E-state index contributed by atoms with van der Waals surface area (Å²) < 4.78 is 13.1. The largest absolute Gasteiger partial charge is 0.329 e. The van der Waals surface area contributed by atoms with Crippen molar-refractivity contribution in [3.8, 4) is 0 Å². The Hall–Kier alpha value is -0.930. The van der Waals surface area contributed by atoms with Crippen LogP contribution in [0, 0.1) is 5.82 Å². The Balaban J connectivity index is 2.14. The Bertz CT molecular complexity index is 425. The van der Waals surface area contributed by atoms with Gasteiger partial charge in [0.2, 0.25) is 0 Å². The van der Waals surface area contributed by atoms with E-state index in [0.29, 0.717) is 12.6 Å². The van der Waals surface area contributed by atoms with Crippen molar-refractivity contribution in [1.82, 2.24) is 4.90 Å². The minimum absolute atomic E-state index is 0.0470. The molecule has 1 aromatic rings. The zero-order chi connectivity index (χ0) is 15.3. The SMILES string of the molecule is CCN(C1CCCCC1)C(C)(CN)Cc1ccc(F)cc1. The molecule has 0 spiro atoms. The van der Waals surface area contributed by atoms with Crippen LogP contribution in [0.5, 0.6) is 0 Å². The van der Waals surface area contributed by atoms with Gasteiger partial charge in [0.25, 0.3) is 0 Å². The molecule has 0 amide bonds. The van der Waals surface area contributed by atoms with Gasteiger partial charge in [-0.25, -0.2) is 4.39 Å². The van der Waals surface area contributed by atoms with Crippen LogP contribution in [0.4, 0.5) is 4.39 Å². The molecule has 2 N–H and O–H groups in total. The number of hydrogen-bond donors (Lipinski definition) is 1. The molecule has 0 heterocycles. The third-order valence-electron chi connectivity index (χ3n) is 4.99. The number of nitrogens with zero attached hydrogens (tertiary/aromatic N) is 1. The summed E-state index contributed by atoms with van der Waals surface area (Å²) in [6.45, 7) is 6.15. The van der Waals surface area contributed by atoms with Crippen molar-refractivity contribution in [3.05, 3.63) is 35.6 Å². The summed E-state index contributed by atoms with van der Waals surface area (Å²) in [6, 6.07) is 7.51. The third-order valence-corrected chi connectivity index (χ3v) is 4.99. The quantitative estimate of drug-likeness (QED) is 0.865. The van der Waals surface area contributed by atoms with Crippen molar-refractivity contribution < 1.29 is 4.39 Å². The van der Waals surface area contributed by atoms with Gasteiger partial charge in [-0.2, -0.15) is 0 Å². The average molecular weight is 292 g/mol. The van der Waals surface area contributed by atoms with Crippen molar-refractivity contribution in [3.63, 3.8) is 0 Å². The molecule has 0 saturated heterocycles. The van der Waals surface area contributed by atoms with Crippen LogP contribution in [0.15, 0.2) is 24.3 Å². The zero-order valence-electron chi connectivity index (χ0n) is 13.4. The summed E-state index contributed by atoms with van der Waals surface area (Å²) in [4.78, 5) is 2.59. The van der Waals surface area contributed by atoms with E-state index in [1.807, 2.05) is 12.1 Å². The second kappa shape index (κ2) is 7.37. The van der Waals surface area contributed by atoms with E-state index in [4.69, 9.17) is 5.73 Å². The van der Waals surface area contributed by atoms with Crippen molar-refractivity contribution >= 4 is 0 Å². The minimum atomic E-state index is -0.173. The van der Waals surface area contributed by atoms with Gasteiger partial charge in [0.05, 0.1) is 0 Å². The maximum absolute atomic E-state index is 13.1.